The molecular formula is C19H27N3O. The van der Waals surface area contributed by atoms with Gasteiger partial charge in [-0.2, -0.15) is 4.98 Å². The normalized spacial score (nSPS) is 16.0. The number of hydrogen-bond acceptors (Lipinski definition) is 4. The Kier molecular flexibility index (Phi) is 4.99. The highest BCUT2D eigenvalue weighted by Crippen LogP contribution is 2.31. The highest BCUT2D eigenvalue weighted by Gasteiger charge is 2.17. The molecule has 0 bridgehead atoms. The van der Waals surface area contributed by atoms with E-state index in [0.717, 1.165) is 17.9 Å². The van der Waals surface area contributed by atoms with Crippen molar-refractivity contribution >= 4 is 5.69 Å². The first-order valence-corrected chi connectivity index (χ1v) is 8.82. The van der Waals surface area contributed by atoms with E-state index < -0.39 is 0 Å². The topological polar surface area (TPSA) is 51.0 Å². The highest BCUT2D eigenvalue weighted by molar-refractivity contribution is 5.65. The molecule has 1 fully saturated rings. The van der Waals surface area contributed by atoms with Gasteiger partial charge in [0, 0.05) is 17.3 Å². The van der Waals surface area contributed by atoms with Crippen LogP contribution in [0.3, 0.4) is 0 Å². The SMILES string of the molecule is Cc1noc(-c2ccc(CC3CCCCC3)c(NC(C)C)c2)n1. The van der Waals surface area contributed by atoms with E-state index >= 15 is 0 Å². The number of nitrogens with one attached hydrogen (secondary N) is 1. The monoisotopic (exact) mass is 313 g/mol. The minimum atomic E-state index is 0.403. The number of aryl methyl sites for hydroxylation is 1. The molecule has 0 radical (unpaired) electrons. The van der Waals surface area contributed by atoms with Crippen LogP contribution in [0.15, 0.2) is 22.7 Å². The van der Waals surface area contributed by atoms with Crippen LogP contribution in [-0.2, 0) is 6.42 Å². The quantitative estimate of drug-likeness (QED) is 0.845. The van der Waals surface area contributed by atoms with Gasteiger partial charge in [0.15, 0.2) is 5.82 Å². The minimum absolute atomic E-state index is 0.403. The average Bonchev–Trinajstić information content (AvgIpc) is 2.96. The van der Waals surface area contributed by atoms with Crippen molar-refractivity contribution in [2.24, 2.45) is 5.92 Å². The molecule has 0 spiro atoms. The molecule has 1 aromatic carbocycles. The number of nitrogens with zero attached hydrogens (tertiary/aromatic N) is 2. The number of hydrogen-bond donors (Lipinski definition) is 1. The van der Waals surface area contributed by atoms with Crippen molar-refractivity contribution in [2.75, 3.05) is 5.32 Å². The summed E-state index contributed by atoms with van der Waals surface area (Å²) in [5.41, 5.74) is 3.60. The second-order valence-corrected chi connectivity index (χ2v) is 7.03. The lowest BCUT2D eigenvalue weighted by molar-refractivity contribution is 0.357. The Balaban J connectivity index is 1.85. The molecule has 4 heteroatoms. The van der Waals surface area contributed by atoms with Gasteiger partial charge in [-0.1, -0.05) is 43.3 Å². The van der Waals surface area contributed by atoms with Gasteiger partial charge >= 0.3 is 0 Å². The summed E-state index contributed by atoms with van der Waals surface area (Å²) in [6.45, 7) is 6.19. The molecule has 0 saturated heterocycles. The Morgan fingerprint density at radius 3 is 2.65 bits per heavy atom. The van der Waals surface area contributed by atoms with Crippen LogP contribution in [-0.4, -0.2) is 16.2 Å². The van der Waals surface area contributed by atoms with E-state index in [1.807, 2.05) is 6.92 Å². The lowest BCUT2D eigenvalue weighted by Gasteiger charge is -2.24. The molecule has 1 aliphatic carbocycles. The standard InChI is InChI=1S/C19H27N3O/c1-13(2)20-18-12-17(19-21-14(3)22-23-19)10-9-16(18)11-15-7-5-4-6-8-15/h9-10,12-13,15,20H,4-8,11H2,1-3H3. The van der Waals surface area contributed by atoms with Crippen molar-refractivity contribution in [1.29, 1.82) is 0 Å². The third-order valence-electron chi connectivity index (χ3n) is 4.56. The van der Waals surface area contributed by atoms with Crippen LogP contribution >= 0.6 is 0 Å². The summed E-state index contributed by atoms with van der Waals surface area (Å²) in [6, 6.07) is 6.90. The second kappa shape index (κ2) is 7.16. The predicted molar refractivity (Wildman–Crippen MR) is 93.5 cm³/mol. The van der Waals surface area contributed by atoms with Crippen molar-refractivity contribution in [3.8, 4) is 11.5 Å². The third-order valence-corrected chi connectivity index (χ3v) is 4.56. The summed E-state index contributed by atoms with van der Waals surface area (Å²) in [5, 5.41) is 7.48. The largest absolute Gasteiger partial charge is 0.383 e. The molecule has 23 heavy (non-hydrogen) atoms. The number of rotatable bonds is 5. The van der Waals surface area contributed by atoms with E-state index in [0.29, 0.717) is 17.8 Å². The summed E-state index contributed by atoms with van der Waals surface area (Å²) in [7, 11) is 0. The second-order valence-electron chi connectivity index (χ2n) is 7.03. The molecule has 1 aromatic heterocycles. The zero-order valence-corrected chi connectivity index (χ0v) is 14.4. The number of anilines is 1. The molecule has 1 heterocycles. The maximum absolute atomic E-state index is 5.31. The fourth-order valence-electron chi connectivity index (χ4n) is 3.45. The van der Waals surface area contributed by atoms with Crippen LogP contribution in [0, 0.1) is 12.8 Å². The predicted octanol–water partition coefficient (Wildman–Crippen LogP) is 4.99. The van der Waals surface area contributed by atoms with Crippen molar-refractivity contribution in [3.05, 3.63) is 29.6 Å². The lowest BCUT2D eigenvalue weighted by atomic mass is 9.84. The first kappa shape index (κ1) is 16.0. The molecule has 0 amide bonds. The van der Waals surface area contributed by atoms with Gasteiger partial charge in [0.1, 0.15) is 0 Å². The summed E-state index contributed by atoms with van der Waals surface area (Å²) < 4.78 is 5.31. The Labute approximate surface area is 138 Å². The highest BCUT2D eigenvalue weighted by atomic mass is 16.5. The van der Waals surface area contributed by atoms with E-state index in [2.05, 4.69) is 47.5 Å². The Bertz CT molecular complexity index is 642. The van der Waals surface area contributed by atoms with Gasteiger partial charge in [-0.3, -0.25) is 0 Å². The molecule has 4 nitrogen and oxygen atoms in total. The molecule has 3 rings (SSSR count). The summed E-state index contributed by atoms with van der Waals surface area (Å²) in [6.07, 6.45) is 8.08. The van der Waals surface area contributed by atoms with Crippen LogP contribution in [0.1, 0.15) is 57.3 Å². The van der Waals surface area contributed by atoms with Crippen LogP contribution < -0.4 is 5.32 Å². The summed E-state index contributed by atoms with van der Waals surface area (Å²) in [5.74, 6) is 2.09. The first-order valence-electron chi connectivity index (χ1n) is 8.82. The average molecular weight is 313 g/mol. The molecule has 2 aromatic rings. The van der Waals surface area contributed by atoms with Crippen molar-refractivity contribution in [3.63, 3.8) is 0 Å². The molecule has 0 atom stereocenters. The maximum atomic E-state index is 5.31. The van der Waals surface area contributed by atoms with Crippen LogP contribution in [0.4, 0.5) is 5.69 Å². The van der Waals surface area contributed by atoms with Gasteiger partial charge in [-0.05, 0) is 50.8 Å². The van der Waals surface area contributed by atoms with E-state index in [-0.39, 0.29) is 0 Å². The van der Waals surface area contributed by atoms with E-state index in [4.69, 9.17) is 4.52 Å². The van der Waals surface area contributed by atoms with E-state index in [1.165, 1.54) is 43.4 Å². The molecular weight excluding hydrogens is 286 g/mol. The van der Waals surface area contributed by atoms with Gasteiger partial charge < -0.3 is 9.84 Å². The van der Waals surface area contributed by atoms with Gasteiger partial charge in [0.05, 0.1) is 0 Å². The zero-order chi connectivity index (χ0) is 16.2. The van der Waals surface area contributed by atoms with Gasteiger partial charge in [-0.15, -0.1) is 0 Å². The van der Waals surface area contributed by atoms with Crippen LogP contribution in [0.2, 0.25) is 0 Å². The lowest BCUT2D eigenvalue weighted by Crippen LogP contribution is -2.14. The summed E-state index contributed by atoms with van der Waals surface area (Å²) in [4.78, 5) is 4.34. The smallest absolute Gasteiger partial charge is 0.257 e. The molecule has 124 valence electrons. The minimum Gasteiger partial charge on any atom is -0.383 e. The van der Waals surface area contributed by atoms with Crippen LogP contribution in [0.25, 0.3) is 11.5 Å². The number of aromatic nitrogens is 2. The molecule has 1 aliphatic rings. The van der Waals surface area contributed by atoms with E-state index in [9.17, 15) is 0 Å². The van der Waals surface area contributed by atoms with Crippen molar-refractivity contribution in [2.45, 2.75) is 65.3 Å². The van der Waals surface area contributed by atoms with Crippen LogP contribution in [0.5, 0.6) is 0 Å². The Morgan fingerprint density at radius 2 is 2.00 bits per heavy atom. The Hall–Kier alpha value is -1.84. The third kappa shape index (κ3) is 4.12. The van der Waals surface area contributed by atoms with Gasteiger partial charge in [0.2, 0.25) is 0 Å². The van der Waals surface area contributed by atoms with Crippen molar-refractivity contribution in [1.82, 2.24) is 10.1 Å². The Morgan fingerprint density at radius 1 is 1.22 bits per heavy atom. The fourth-order valence-corrected chi connectivity index (χ4v) is 3.45. The van der Waals surface area contributed by atoms with Gasteiger partial charge in [0.25, 0.3) is 5.89 Å². The van der Waals surface area contributed by atoms with Crippen molar-refractivity contribution < 1.29 is 4.52 Å². The first-order chi connectivity index (χ1) is 11.1. The molecule has 0 aliphatic heterocycles. The number of benzene rings is 1. The zero-order valence-electron chi connectivity index (χ0n) is 14.4. The fraction of sp³-hybridized carbons (Fsp3) is 0.579. The molecule has 1 N–H and O–H groups in total. The van der Waals surface area contributed by atoms with Gasteiger partial charge in [-0.25, -0.2) is 0 Å². The molecule has 0 unspecified atom stereocenters. The molecule has 1 saturated carbocycles. The van der Waals surface area contributed by atoms with E-state index in [1.54, 1.807) is 0 Å². The maximum Gasteiger partial charge on any atom is 0.257 e. The summed E-state index contributed by atoms with van der Waals surface area (Å²) >= 11 is 0.